The minimum Gasteiger partial charge on any atom is -0.494 e. The van der Waals surface area contributed by atoms with Crippen molar-refractivity contribution in [1.82, 2.24) is 0 Å². The number of ether oxygens (including phenoxy) is 1. The Morgan fingerprint density at radius 3 is 2.64 bits per heavy atom. The monoisotopic (exact) mass is 193 g/mol. The van der Waals surface area contributed by atoms with Crippen LogP contribution in [0.2, 0.25) is 0 Å². The van der Waals surface area contributed by atoms with E-state index in [0.717, 1.165) is 24.2 Å². The van der Waals surface area contributed by atoms with Gasteiger partial charge in [-0.15, -0.1) is 0 Å². The van der Waals surface area contributed by atoms with Crippen molar-refractivity contribution in [3.63, 3.8) is 0 Å². The number of para-hydroxylation sites is 1. The quantitative estimate of drug-likeness (QED) is 0.780. The van der Waals surface area contributed by atoms with Crippen molar-refractivity contribution >= 4 is 0 Å². The highest BCUT2D eigenvalue weighted by Crippen LogP contribution is 2.26. The van der Waals surface area contributed by atoms with Crippen molar-refractivity contribution in [2.75, 3.05) is 6.61 Å². The van der Waals surface area contributed by atoms with Crippen molar-refractivity contribution in [2.45, 2.75) is 32.7 Å². The number of benzene rings is 1. The van der Waals surface area contributed by atoms with Crippen LogP contribution in [0.1, 0.15) is 38.3 Å². The highest BCUT2D eigenvalue weighted by atomic mass is 16.5. The molecular weight excluding hydrogens is 174 g/mol. The third-order valence-electron chi connectivity index (χ3n) is 2.22. The normalized spacial score (nSPS) is 12.5. The highest BCUT2D eigenvalue weighted by Gasteiger charge is 2.09. The molecule has 0 aliphatic heterocycles. The lowest BCUT2D eigenvalue weighted by molar-refractivity contribution is 0.333. The fraction of sp³-hybridized carbons (Fsp3) is 0.500. The molecule has 2 N–H and O–H groups in total. The molecule has 1 atom stereocenters. The van der Waals surface area contributed by atoms with E-state index >= 15 is 0 Å². The van der Waals surface area contributed by atoms with Crippen molar-refractivity contribution in [1.29, 1.82) is 0 Å². The van der Waals surface area contributed by atoms with Gasteiger partial charge in [-0.05, 0) is 19.4 Å². The van der Waals surface area contributed by atoms with Crippen LogP contribution in [0, 0.1) is 0 Å². The van der Waals surface area contributed by atoms with E-state index in [0.29, 0.717) is 6.61 Å². The van der Waals surface area contributed by atoms with Gasteiger partial charge in [0.25, 0.3) is 0 Å². The van der Waals surface area contributed by atoms with Crippen molar-refractivity contribution in [3.8, 4) is 5.75 Å². The topological polar surface area (TPSA) is 35.2 Å². The molecule has 0 heterocycles. The van der Waals surface area contributed by atoms with Gasteiger partial charge >= 0.3 is 0 Å². The third-order valence-corrected chi connectivity index (χ3v) is 2.22. The summed E-state index contributed by atoms with van der Waals surface area (Å²) in [6.07, 6.45) is 2.10. The molecule has 1 aromatic rings. The molecule has 0 amide bonds. The summed E-state index contributed by atoms with van der Waals surface area (Å²) in [5.41, 5.74) is 7.18. The molecule has 78 valence electrons. The molecule has 0 aliphatic carbocycles. The van der Waals surface area contributed by atoms with Gasteiger partial charge in [-0.1, -0.05) is 31.5 Å². The summed E-state index contributed by atoms with van der Waals surface area (Å²) < 4.78 is 5.52. The molecule has 0 aliphatic rings. The van der Waals surface area contributed by atoms with Crippen LogP contribution < -0.4 is 10.5 Å². The first kappa shape index (κ1) is 11.1. The third kappa shape index (κ3) is 2.74. The van der Waals surface area contributed by atoms with Crippen LogP contribution >= 0.6 is 0 Å². The van der Waals surface area contributed by atoms with Crippen LogP contribution in [0.5, 0.6) is 5.75 Å². The predicted octanol–water partition coefficient (Wildman–Crippen LogP) is 2.89. The SMILES string of the molecule is CCC[C@H](N)c1ccccc1OCC. The molecule has 2 nitrogen and oxygen atoms in total. The van der Waals surface area contributed by atoms with E-state index < -0.39 is 0 Å². The molecule has 14 heavy (non-hydrogen) atoms. The maximum atomic E-state index is 6.06. The van der Waals surface area contributed by atoms with E-state index in [2.05, 4.69) is 6.92 Å². The summed E-state index contributed by atoms with van der Waals surface area (Å²) in [7, 11) is 0. The fourth-order valence-corrected chi connectivity index (χ4v) is 1.54. The zero-order valence-corrected chi connectivity index (χ0v) is 8.99. The summed E-state index contributed by atoms with van der Waals surface area (Å²) in [6, 6.07) is 8.11. The van der Waals surface area contributed by atoms with Gasteiger partial charge in [0.05, 0.1) is 6.61 Å². The summed E-state index contributed by atoms with van der Waals surface area (Å²) in [5.74, 6) is 0.927. The molecule has 1 aromatic carbocycles. The standard InChI is InChI=1S/C12H19NO/c1-3-7-11(13)10-8-5-6-9-12(10)14-4-2/h5-6,8-9,11H,3-4,7,13H2,1-2H3/t11-/m0/s1. The predicted molar refractivity (Wildman–Crippen MR) is 59.4 cm³/mol. The first-order valence-corrected chi connectivity index (χ1v) is 5.26. The summed E-state index contributed by atoms with van der Waals surface area (Å²) in [5, 5.41) is 0. The summed E-state index contributed by atoms with van der Waals surface area (Å²) in [6.45, 7) is 4.82. The minimum atomic E-state index is 0.0998. The Balaban J connectivity index is 2.82. The van der Waals surface area contributed by atoms with Crippen LogP contribution in [0.25, 0.3) is 0 Å². The summed E-state index contributed by atoms with van der Waals surface area (Å²) >= 11 is 0. The van der Waals surface area contributed by atoms with Gasteiger partial charge in [0.15, 0.2) is 0 Å². The first-order chi connectivity index (χ1) is 6.79. The van der Waals surface area contributed by atoms with E-state index in [9.17, 15) is 0 Å². The molecule has 0 spiro atoms. The van der Waals surface area contributed by atoms with E-state index in [-0.39, 0.29) is 6.04 Å². The molecular formula is C12H19NO. The molecule has 0 unspecified atom stereocenters. The van der Waals surface area contributed by atoms with Gasteiger partial charge < -0.3 is 10.5 Å². The van der Waals surface area contributed by atoms with Crippen LogP contribution in [-0.4, -0.2) is 6.61 Å². The lowest BCUT2D eigenvalue weighted by Gasteiger charge is -2.15. The van der Waals surface area contributed by atoms with Gasteiger partial charge in [0.1, 0.15) is 5.75 Å². The maximum Gasteiger partial charge on any atom is 0.124 e. The van der Waals surface area contributed by atoms with Crippen molar-refractivity contribution < 1.29 is 4.74 Å². The molecule has 1 rings (SSSR count). The number of rotatable bonds is 5. The van der Waals surface area contributed by atoms with Crippen LogP contribution in [0.3, 0.4) is 0 Å². The zero-order chi connectivity index (χ0) is 10.4. The van der Waals surface area contributed by atoms with Crippen LogP contribution in [-0.2, 0) is 0 Å². The van der Waals surface area contributed by atoms with Gasteiger partial charge in [0, 0.05) is 11.6 Å². The second kappa shape index (κ2) is 5.66. The van der Waals surface area contributed by atoms with Gasteiger partial charge in [0.2, 0.25) is 0 Å². The van der Waals surface area contributed by atoms with Crippen molar-refractivity contribution in [3.05, 3.63) is 29.8 Å². The number of nitrogens with two attached hydrogens (primary N) is 1. The fourth-order valence-electron chi connectivity index (χ4n) is 1.54. The molecule has 0 saturated heterocycles. The molecule has 2 heteroatoms. The molecule has 0 aromatic heterocycles. The van der Waals surface area contributed by atoms with E-state index in [1.165, 1.54) is 0 Å². The first-order valence-electron chi connectivity index (χ1n) is 5.26. The minimum absolute atomic E-state index is 0.0998. The summed E-state index contributed by atoms with van der Waals surface area (Å²) in [4.78, 5) is 0. The Bertz CT molecular complexity index is 273. The van der Waals surface area contributed by atoms with E-state index in [1.807, 2.05) is 31.2 Å². The van der Waals surface area contributed by atoms with Crippen LogP contribution in [0.15, 0.2) is 24.3 Å². The van der Waals surface area contributed by atoms with E-state index in [4.69, 9.17) is 10.5 Å². The van der Waals surface area contributed by atoms with Crippen LogP contribution in [0.4, 0.5) is 0 Å². The highest BCUT2D eigenvalue weighted by molar-refractivity contribution is 5.35. The Labute approximate surface area is 86.1 Å². The zero-order valence-electron chi connectivity index (χ0n) is 8.99. The Morgan fingerprint density at radius 1 is 1.29 bits per heavy atom. The van der Waals surface area contributed by atoms with Gasteiger partial charge in [-0.2, -0.15) is 0 Å². The number of hydrogen-bond acceptors (Lipinski definition) is 2. The average Bonchev–Trinajstić information content (AvgIpc) is 2.19. The largest absolute Gasteiger partial charge is 0.494 e. The Kier molecular flexibility index (Phi) is 4.47. The lowest BCUT2D eigenvalue weighted by atomic mass is 10.0. The second-order valence-electron chi connectivity index (χ2n) is 3.37. The smallest absolute Gasteiger partial charge is 0.124 e. The molecule has 0 saturated carbocycles. The maximum absolute atomic E-state index is 6.06. The number of hydrogen-bond donors (Lipinski definition) is 1. The van der Waals surface area contributed by atoms with Gasteiger partial charge in [-0.25, -0.2) is 0 Å². The van der Waals surface area contributed by atoms with E-state index in [1.54, 1.807) is 0 Å². The lowest BCUT2D eigenvalue weighted by Crippen LogP contribution is -2.11. The Hall–Kier alpha value is -1.02. The molecule has 0 radical (unpaired) electrons. The van der Waals surface area contributed by atoms with Crippen molar-refractivity contribution in [2.24, 2.45) is 5.73 Å². The van der Waals surface area contributed by atoms with Gasteiger partial charge in [-0.3, -0.25) is 0 Å². The molecule has 0 bridgehead atoms. The Morgan fingerprint density at radius 2 is 2.00 bits per heavy atom. The average molecular weight is 193 g/mol. The second-order valence-corrected chi connectivity index (χ2v) is 3.37. The molecule has 0 fully saturated rings.